The Morgan fingerprint density at radius 1 is 0.265 bits per heavy atom. The topological polar surface area (TPSA) is 237 Å². The number of carbonyl (C=O) groups is 4. The number of unbranched alkanes of at least 4 members (excludes halogenated alkanes) is 52. The van der Waals surface area contributed by atoms with E-state index >= 15 is 0 Å². The molecule has 0 heterocycles. The number of carbonyl (C=O) groups excluding carboxylic acids is 4. The summed E-state index contributed by atoms with van der Waals surface area (Å²) in [6.07, 6.45) is 65.3. The van der Waals surface area contributed by atoms with Gasteiger partial charge in [0.15, 0.2) is 12.2 Å². The Morgan fingerprint density at radius 3 is 0.667 bits per heavy atom. The van der Waals surface area contributed by atoms with E-state index in [1.807, 2.05) is 0 Å². The van der Waals surface area contributed by atoms with Crippen LogP contribution in [0.4, 0.5) is 0 Å². The Bertz CT molecular complexity index is 1960. The van der Waals surface area contributed by atoms with Crippen LogP contribution in [0.5, 0.6) is 0 Å². The SMILES string of the molecule is CCCCCCCCCCCCCCCCCCCCCCCC(=O)O[C@H](COC(=O)CCCCCCCCCCCCCCCCCC)COP(=O)(O)OC[C@@H](O)COP(=O)(O)OC[C@@H](COC(=O)CCCCCCCCCCC(C)C)OC(=O)CCCCCCCCCCCCCC(C)C. The number of rotatable bonds is 82. The molecule has 0 aliphatic rings. The minimum absolute atomic E-state index is 0.106. The Labute approximate surface area is 626 Å². The smallest absolute Gasteiger partial charge is 0.462 e. The second-order valence-electron chi connectivity index (χ2n) is 30.8. The van der Waals surface area contributed by atoms with E-state index in [1.165, 1.54) is 257 Å². The first-order valence-corrected chi connectivity index (χ1v) is 46.0. The molecule has 17 nitrogen and oxygen atoms in total. The van der Waals surface area contributed by atoms with E-state index in [1.54, 1.807) is 0 Å². The molecule has 0 spiro atoms. The predicted octanol–water partition coefficient (Wildman–Crippen LogP) is 25.1. The van der Waals surface area contributed by atoms with Crippen LogP contribution in [0, 0.1) is 11.8 Å². The molecule has 606 valence electrons. The lowest BCUT2D eigenvalue weighted by Gasteiger charge is -2.21. The lowest BCUT2D eigenvalue weighted by molar-refractivity contribution is -0.161. The summed E-state index contributed by atoms with van der Waals surface area (Å²) >= 11 is 0. The highest BCUT2D eigenvalue weighted by Gasteiger charge is 2.30. The van der Waals surface area contributed by atoms with Crippen molar-refractivity contribution in [3.63, 3.8) is 0 Å². The highest BCUT2D eigenvalue weighted by atomic mass is 31.2. The Kier molecular flexibility index (Phi) is 73.1. The van der Waals surface area contributed by atoms with Gasteiger partial charge < -0.3 is 33.8 Å². The number of aliphatic hydroxyl groups is 1. The molecule has 0 fully saturated rings. The van der Waals surface area contributed by atoms with Crippen LogP contribution in [0.15, 0.2) is 0 Å². The molecule has 0 radical (unpaired) electrons. The minimum atomic E-state index is -4.96. The normalized spacial score (nSPS) is 13.9. The lowest BCUT2D eigenvalue weighted by Crippen LogP contribution is -2.30. The van der Waals surface area contributed by atoms with Gasteiger partial charge in [-0.15, -0.1) is 0 Å². The zero-order valence-electron chi connectivity index (χ0n) is 66.9. The highest BCUT2D eigenvalue weighted by molar-refractivity contribution is 7.47. The minimum Gasteiger partial charge on any atom is -0.462 e. The summed E-state index contributed by atoms with van der Waals surface area (Å²) in [5.41, 5.74) is 0. The first-order valence-electron chi connectivity index (χ1n) is 43.0. The van der Waals surface area contributed by atoms with Gasteiger partial charge in [0.05, 0.1) is 26.4 Å². The molecule has 19 heteroatoms. The van der Waals surface area contributed by atoms with Crippen LogP contribution >= 0.6 is 15.6 Å². The average Bonchev–Trinajstić information content (AvgIpc) is 0.906. The van der Waals surface area contributed by atoms with Gasteiger partial charge in [-0.2, -0.15) is 0 Å². The number of hydrogen-bond donors (Lipinski definition) is 3. The van der Waals surface area contributed by atoms with Crippen LogP contribution < -0.4 is 0 Å². The van der Waals surface area contributed by atoms with Crippen LogP contribution in [-0.4, -0.2) is 96.7 Å². The molecular formula is C83H162O17P2. The van der Waals surface area contributed by atoms with E-state index in [9.17, 15) is 43.2 Å². The molecular weight excluding hydrogens is 1330 g/mol. The van der Waals surface area contributed by atoms with Gasteiger partial charge in [-0.05, 0) is 37.5 Å². The molecule has 0 amide bonds. The van der Waals surface area contributed by atoms with Gasteiger partial charge >= 0.3 is 39.5 Å². The number of esters is 4. The van der Waals surface area contributed by atoms with Crippen molar-refractivity contribution in [3.8, 4) is 0 Å². The maximum absolute atomic E-state index is 13.1. The van der Waals surface area contributed by atoms with Crippen molar-refractivity contribution in [2.24, 2.45) is 11.8 Å². The number of hydrogen-bond acceptors (Lipinski definition) is 15. The second-order valence-corrected chi connectivity index (χ2v) is 33.7. The van der Waals surface area contributed by atoms with Gasteiger partial charge in [0.1, 0.15) is 19.3 Å². The van der Waals surface area contributed by atoms with Crippen molar-refractivity contribution in [2.45, 2.75) is 458 Å². The molecule has 0 aliphatic heterocycles. The molecule has 0 aromatic carbocycles. The Morgan fingerprint density at radius 2 is 0.451 bits per heavy atom. The molecule has 0 aromatic rings. The van der Waals surface area contributed by atoms with Crippen molar-refractivity contribution in [3.05, 3.63) is 0 Å². The van der Waals surface area contributed by atoms with Crippen molar-refractivity contribution in [1.82, 2.24) is 0 Å². The molecule has 102 heavy (non-hydrogen) atoms. The molecule has 0 rings (SSSR count). The largest absolute Gasteiger partial charge is 0.472 e. The first kappa shape index (κ1) is 100. The molecule has 0 aliphatic carbocycles. The third-order valence-corrected chi connectivity index (χ3v) is 21.4. The first-order chi connectivity index (χ1) is 49.4. The lowest BCUT2D eigenvalue weighted by atomic mass is 10.0. The summed E-state index contributed by atoms with van der Waals surface area (Å²) in [4.78, 5) is 73.1. The van der Waals surface area contributed by atoms with Gasteiger partial charge in [0, 0.05) is 25.7 Å². The van der Waals surface area contributed by atoms with Crippen LogP contribution in [0.2, 0.25) is 0 Å². The van der Waals surface area contributed by atoms with Gasteiger partial charge in [-0.1, -0.05) is 388 Å². The molecule has 2 unspecified atom stereocenters. The number of phosphoric ester groups is 2. The van der Waals surface area contributed by atoms with Crippen LogP contribution in [0.1, 0.15) is 440 Å². The fraction of sp³-hybridized carbons (Fsp3) is 0.952. The number of phosphoric acid groups is 2. The molecule has 0 bridgehead atoms. The van der Waals surface area contributed by atoms with Crippen molar-refractivity contribution in [2.75, 3.05) is 39.6 Å². The van der Waals surface area contributed by atoms with Crippen LogP contribution in [0.3, 0.4) is 0 Å². The third kappa shape index (κ3) is 76.3. The molecule has 5 atom stereocenters. The van der Waals surface area contributed by atoms with Gasteiger partial charge in [-0.3, -0.25) is 37.3 Å². The predicted molar refractivity (Wildman–Crippen MR) is 418 cm³/mol. The van der Waals surface area contributed by atoms with Crippen molar-refractivity contribution < 1.29 is 80.2 Å². The summed E-state index contributed by atoms with van der Waals surface area (Å²) in [6, 6.07) is 0. The van der Waals surface area contributed by atoms with Gasteiger partial charge in [-0.25, -0.2) is 9.13 Å². The van der Waals surface area contributed by atoms with Gasteiger partial charge in [0.25, 0.3) is 0 Å². The summed E-state index contributed by atoms with van der Waals surface area (Å²) in [5.74, 6) is -0.615. The van der Waals surface area contributed by atoms with Crippen LogP contribution in [0.25, 0.3) is 0 Å². The zero-order chi connectivity index (χ0) is 74.9. The van der Waals surface area contributed by atoms with E-state index < -0.39 is 97.5 Å². The Balaban J connectivity index is 5.23. The van der Waals surface area contributed by atoms with E-state index in [0.717, 1.165) is 102 Å². The summed E-state index contributed by atoms with van der Waals surface area (Å²) in [6.45, 7) is 9.61. The molecule has 0 saturated carbocycles. The number of ether oxygens (including phenoxy) is 4. The zero-order valence-corrected chi connectivity index (χ0v) is 68.7. The summed E-state index contributed by atoms with van der Waals surface area (Å²) in [7, 11) is -9.92. The maximum Gasteiger partial charge on any atom is 0.472 e. The van der Waals surface area contributed by atoms with E-state index in [4.69, 9.17) is 37.0 Å². The third-order valence-electron chi connectivity index (χ3n) is 19.5. The van der Waals surface area contributed by atoms with Gasteiger partial charge in [0.2, 0.25) is 0 Å². The summed E-state index contributed by atoms with van der Waals surface area (Å²) in [5, 5.41) is 10.7. The monoisotopic (exact) mass is 1490 g/mol. The Hall–Kier alpha value is -1.94. The fourth-order valence-electron chi connectivity index (χ4n) is 12.9. The van der Waals surface area contributed by atoms with Crippen LogP contribution in [-0.2, 0) is 65.4 Å². The molecule has 0 aromatic heterocycles. The maximum atomic E-state index is 13.1. The quantitative estimate of drug-likeness (QED) is 0.0222. The highest BCUT2D eigenvalue weighted by Crippen LogP contribution is 2.45. The number of aliphatic hydroxyl groups excluding tert-OH is 1. The van der Waals surface area contributed by atoms with Crippen molar-refractivity contribution >= 4 is 39.5 Å². The second kappa shape index (κ2) is 74.5. The van der Waals surface area contributed by atoms with E-state index in [2.05, 4.69) is 41.5 Å². The average molecular weight is 1490 g/mol. The van der Waals surface area contributed by atoms with Crippen molar-refractivity contribution in [1.29, 1.82) is 0 Å². The fourth-order valence-corrected chi connectivity index (χ4v) is 14.5. The van der Waals surface area contributed by atoms with E-state index in [-0.39, 0.29) is 25.7 Å². The van der Waals surface area contributed by atoms with E-state index in [0.29, 0.717) is 25.7 Å². The summed E-state index contributed by atoms with van der Waals surface area (Å²) < 4.78 is 68.8. The molecule has 3 N–H and O–H groups in total. The standard InChI is InChI=1S/C83H162O17P2/c1-7-9-11-13-15-17-19-21-23-25-26-27-28-29-31-33-37-41-49-55-61-67-82(87)99-78(71-93-80(85)65-59-53-47-40-36-32-30-24-22-20-18-16-14-12-10-8-2)73-97-101(89,90)95-69-77(84)70-96-102(91,92)98-74-79(72-94-81(86)66-60-54-48-44-43-46-52-58-64-76(5)6)100-83(88)68-62-56-50-42-38-34-35-39-45-51-57-63-75(3)4/h75-79,84H,7-74H2,1-6H3,(H,89,90)(H,91,92)/t77-,78-,79-/m1/s1. The molecule has 0 saturated heterocycles.